The highest BCUT2D eigenvalue weighted by atomic mass is 32.1. The van der Waals surface area contributed by atoms with Gasteiger partial charge in [0.15, 0.2) is 0 Å². The van der Waals surface area contributed by atoms with Gasteiger partial charge in [-0.05, 0) is 61.2 Å². The Hall–Kier alpha value is -2.92. The normalized spacial score (nSPS) is 19.5. The van der Waals surface area contributed by atoms with Gasteiger partial charge in [-0.15, -0.1) is 17.9 Å². The molecular formula is C27H28FNO2S. The topological polar surface area (TPSA) is 29.5 Å². The number of thiophene rings is 1. The highest BCUT2D eigenvalue weighted by Crippen LogP contribution is 2.40. The Kier molecular flexibility index (Phi) is 6.20. The van der Waals surface area contributed by atoms with E-state index < -0.39 is 5.60 Å². The zero-order chi connectivity index (χ0) is 22.9. The number of hydrogen-bond acceptors (Lipinski definition) is 3. The second kappa shape index (κ2) is 8.91. The van der Waals surface area contributed by atoms with E-state index in [1.807, 2.05) is 6.92 Å². The summed E-state index contributed by atoms with van der Waals surface area (Å²) in [6.07, 6.45) is 2.50. The number of aryl methyl sites for hydroxylation is 2. The van der Waals surface area contributed by atoms with Crippen LogP contribution in [0.15, 0.2) is 67.3 Å². The molecule has 166 valence electrons. The minimum absolute atomic E-state index is 0.113. The molecule has 0 unspecified atom stereocenters. The largest absolute Gasteiger partial charge is 0.437 e. The number of halogens is 1. The fourth-order valence-corrected chi connectivity index (χ4v) is 5.52. The summed E-state index contributed by atoms with van der Waals surface area (Å²) in [7, 11) is 0. The summed E-state index contributed by atoms with van der Waals surface area (Å²) in [4.78, 5) is 17.4. The molecule has 0 saturated carbocycles. The lowest BCUT2D eigenvalue weighted by molar-refractivity contribution is -0.0588. The van der Waals surface area contributed by atoms with E-state index in [4.69, 9.17) is 4.74 Å². The van der Waals surface area contributed by atoms with Crippen molar-refractivity contribution in [2.24, 2.45) is 0 Å². The molecule has 2 atom stereocenters. The number of hydrogen-bond donors (Lipinski definition) is 0. The molecule has 4 rings (SSSR count). The first-order valence-electron chi connectivity index (χ1n) is 10.9. The van der Waals surface area contributed by atoms with Gasteiger partial charge < -0.3 is 9.64 Å². The van der Waals surface area contributed by atoms with Gasteiger partial charge in [-0.25, -0.2) is 9.18 Å². The van der Waals surface area contributed by atoms with E-state index >= 15 is 0 Å². The smallest absolute Gasteiger partial charge is 0.411 e. The average Bonchev–Trinajstić information content (AvgIpc) is 3.12. The molecule has 0 aliphatic carbocycles. The summed E-state index contributed by atoms with van der Waals surface area (Å²) >= 11 is 1.80. The number of cyclic esters (lactones) is 1. The lowest BCUT2D eigenvalue weighted by atomic mass is 9.85. The Morgan fingerprint density at radius 2 is 1.88 bits per heavy atom. The summed E-state index contributed by atoms with van der Waals surface area (Å²) in [5, 5.41) is 0. The van der Waals surface area contributed by atoms with Gasteiger partial charge in [-0.3, -0.25) is 0 Å². The fraction of sp³-hybridized carbons (Fsp3) is 0.296. The van der Waals surface area contributed by atoms with Gasteiger partial charge >= 0.3 is 6.09 Å². The molecule has 1 amide bonds. The van der Waals surface area contributed by atoms with Crippen molar-refractivity contribution in [1.29, 1.82) is 0 Å². The van der Waals surface area contributed by atoms with Crippen molar-refractivity contribution >= 4 is 17.4 Å². The fourth-order valence-electron chi connectivity index (χ4n) is 4.49. The van der Waals surface area contributed by atoms with Crippen LogP contribution in [0.1, 0.15) is 47.4 Å². The van der Waals surface area contributed by atoms with Gasteiger partial charge in [0, 0.05) is 29.1 Å². The van der Waals surface area contributed by atoms with Crippen molar-refractivity contribution in [3.63, 3.8) is 0 Å². The third-order valence-corrected chi connectivity index (χ3v) is 7.48. The molecule has 0 spiro atoms. The summed E-state index contributed by atoms with van der Waals surface area (Å²) in [6, 6.07) is 16.7. The number of benzene rings is 2. The second-order valence-electron chi connectivity index (χ2n) is 8.47. The monoisotopic (exact) mass is 449 g/mol. The molecule has 0 N–H and O–H groups in total. The number of carbonyl (C=O) groups is 1. The molecule has 3 aromatic rings. The summed E-state index contributed by atoms with van der Waals surface area (Å²) < 4.78 is 19.4. The molecular weight excluding hydrogens is 421 g/mol. The maximum absolute atomic E-state index is 13.4. The Labute approximate surface area is 193 Å². The van der Waals surface area contributed by atoms with Crippen LogP contribution in [0.2, 0.25) is 0 Å². The van der Waals surface area contributed by atoms with E-state index in [2.05, 4.69) is 50.8 Å². The summed E-state index contributed by atoms with van der Waals surface area (Å²) in [5.74, 6) is -0.309. The first-order chi connectivity index (χ1) is 15.3. The van der Waals surface area contributed by atoms with Crippen molar-refractivity contribution in [1.82, 2.24) is 4.90 Å². The van der Waals surface area contributed by atoms with Crippen molar-refractivity contribution in [3.05, 3.63) is 94.6 Å². The molecule has 1 aromatic heterocycles. The van der Waals surface area contributed by atoms with Crippen LogP contribution >= 0.6 is 11.3 Å². The minimum atomic E-state index is -0.804. The molecule has 5 heteroatoms. The Morgan fingerprint density at radius 3 is 2.44 bits per heavy atom. The minimum Gasteiger partial charge on any atom is -0.437 e. The van der Waals surface area contributed by atoms with E-state index in [0.29, 0.717) is 19.4 Å². The highest BCUT2D eigenvalue weighted by Gasteiger charge is 2.42. The van der Waals surface area contributed by atoms with Gasteiger partial charge in [-0.2, -0.15) is 0 Å². The van der Waals surface area contributed by atoms with Gasteiger partial charge in [-0.1, -0.05) is 42.5 Å². The van der Waals surface area contributed by atoms with Crippen LogP contribution in [-0.2, 0) is 10.3 Å². The zero-order valence-corrected chi connectivity index (χ0v) is 19.5. The summed E-state index contributed by atoms with van der Waals surface area (Å²) in [6.45, 7) is 10.7. The van der Waals surface area contributed by atoms with Crippen LogP contribution in [0.25, 0.3) is 10.4 Å². The average molecular weight is 450 g/mol. The molecule has 2 heterocycles. The third-order valence-electron chi connectivity index (χ3n) is 6.28. The second-order valence-corrected chi connectivity index (χ2v) is 9.73. The first kappa shape index (κ1) is 22.3. The molecule has 3 nitrogen and oxygen atoms in total. The lowest BCUT2D eigenvalue weighted by Crippen LogP contribution is -2.48. The predicted octanol–water partition coefficient (Wildman–Crippen LogP) is 7.55. The van der Waals surface area contributed by atoms with Crippen LogP contribution in [0.3, 0.4) is 0 Å². The molecule has 1 aliphatic rings. The van der Waals surface area contributed by atoms with Gasteiger partial charge in [0.05, 0.1) is 6.04 Å². The maximum atomic E-state index is 13.4. The Balaban J connectivity index is 1.52. The quantitative estimate of drug-likeness (QED) is 0.364. The van der Waals surface area contributed by atoms with E-state index in [9.17, 15) is 9.18 Å². The molecule has 1 fully saturated rings. The van der Waals surface area contributed by atoms with Crippen molar-refractivity contribution in [2.45, 2.75) is 45.3 Å². The van der Waals surface area contributed by atoms with Gasteiger partial charge in [0.1, 0.15) is 11.4 Å². The number of rotatable bonds is 6. The first-order valence-corrected chi connectivity index (χ1v) is 11.7. The highest BCUT2D eigenvalue weighted by molar-refractivity contribution is 7.15. The molecule has 2 aromatic carbocycles. The van der Waals surface area contributed by atoms with Crippen molar-refractivity contribution in [2.75, 3.05) is 6.54 Å². The number of carbonyl (C=O) groups excluding carboxylic acids is 1. The van der Waals surface area contributed by atoms with Gasteiger partial charge in [0.2, 0.25) is 0 Å². The lowest BCUT2D eigenvalue weighted by Gasteiger charge is -2.43. The maximum Gasteiger partial charge on any atom is 0.411 e. The van der Waals surface area contributed by atoms with Gasteiger partial charge in [0.25, 0.3) is 0 Å². The molecule has 32 heavy (non-hydrogen) atoms. The Bertz CT molecular complexity index is 1120. The van der Waals surface area contributed by atoms with Crippen LogP contribution in [0.5, 0.6) is 0 Å². The van der Waals surface area contributed by atoms with Crippen molar-refractivity contribution < 1.29 is 13.9 Å². The van der Waals surface area contributed by atoms with Crippen molar-refractivity contribution in [3.8, 4) is 10.4 Å². The number of nitrogens with zero attached hydrogens (tertiary/aromatic N) is 1. The molecule has 1 aliphatic heterocycles. The van der Waals surface area contributed by atoms with Crippen LogP contribution < -0.4 is 0 Å². The van der Waals surface area contributed by atoms with E-state index in [-0.39, 0.29) is 18.0 Å². The summed E-state index contributed by atoms with van der Waals surface area (Å²) in [5.41, 5.74) is 3.53. The van der Waals surface area contributed by atoms with Crippen LogP contribution in [0.4, 0.5) is 9.18 Å². The molecule has 1 saturated heterocycles. The van der Waals surface area contributed by atoms with E-state index in [1.165, 1.54) is 33.0 Å². The van der Waals surface area contributed by atoms with Crippen LogP contribution in [-0.4, -0.2) is 17.5 Å². The standard InChI is InChI=1S/C27H28FNO2S/c1-5-14-27(23-10-12-24(28)13-11-23)15-16-29(26(30)31-27)20(4)21-6-8-22(9-7-21)25-18(2)17-19(3)32-25/h5-13,17,20H,1,14-16H2,2-4H3/t20-,27+/m0/s1. The van der Waals surface area contributed by atoms with E-state index in [0.717, 1.165) is 11.1 Å². The SMILES string of the molecule is C=CC[C@]1(c2ccc(F)cc2)CCN([C@@H](C)c2ccc(-c3sc(C)cc3C)cc2)C(=O)O1. The molecule has 0 bridgehead atoms. The third kappa shape index (κ3) is 4.22. The van der Waals surface area contributed by atoms with Crippen LogP contribution in [0, 0.1) is 19.7 Å². The Morgan fingerprint density at radius 1 is 1.19 bits per heavy atom. The van der Waals surface area contributed by atoms with E-state index in [1.54, 1.807) is 34.4 Å². The molecule has 0 radical (unpaired) electrons. The number of ether oxygens (including phenoxy) is 1. The number of amides is 1. The predicted molar refractivity (Wildman–Crippen MR) is 128 cm³/mol. The zero-order valence-electron chi connectivity index (χ0n) is 18.7.